The smallest absolute Gasteiger partial charge is 0.422 e. The van der Waals surface area contributed by atoms with Crippen molar-refractivity contribution in [2.24, 2.45) is 0 Å². The molecule has 0 aromatic heterocycles. The summed E-state index contributed by atoms with van der Waals surface area (Å²) in [4.78, 5) is 47.6. The topological polar surface area (TPSA) is 146 Å². The Labute approximate surface area is 149 Å². The summed E-state index contributed by atoms with van der Waals surface area (Å²) in [5.74, 6) is -6.71. The van der Waals surface area contributed by atoms with Crippen LogP contribution in [0.2, 0.25) is 0 Å². The van der Waals surface area contributed by atoms with Gasteiger partial charge >= 0.3 is 29.9 Å². The van der Waals surface area contributed by atoms with Crippen LogP contribution in [0.3, 0.4) is 0 Å². The maximum atomic E-state index is 12.0. The van der Waals surface area contributed by atoms with Crippen LogP contribution in [0.25, 0.3) is 0 Å². The van der Waals surface area contributed by atoms with Crippen LogP contribution in [-0.4, -0.2) is 52.0 Å². The second-order valence-corrected chi connectivity index (χ2v) is 6.37. The molecule has 2 saturated heterocycles. The van der Waals surface area contributed by atoms with Crippen molar-refractivity contribution in [2.45, 2.75) is 76.2 Å². The van der Waals surface area contributed by atoms with Gasteiger partial charge in [-0.3, -0.25) is 19.2 Å². The maximum Gasteiger partial charge on any atom is 0.422 e. The van der Waals surface area contributed by atoms with E-state index in [1.54, 1.807) is 0 Å². The first-order valence-corrected chi connectivity index (χ1v) is 8.42. The number of rotatable bonds is 1. The Morgan fingerprint density at radius 3 is 1.62 bits per heavy atom. The van der Waals surface area contributed by atoms with Gasteiger partial charge in [-0.15, -0.1) is 0 Å². The van der Waals surface area contributed by atoms with Crippen molar-refractivity contribution in [1.29, 1.82) is 0 Å². The molecule has 0 aromatic rings. The molecule has 146 valence electrons. The second-order valence-electron chi connectivity index (χ2n) is 6.37. The van der Waals surface area contributed by atoms with Gasteiger partial charge in [-0.25, -0.2) is 0 Å². The van der Waals surface area contributed by atoms with Crippen molar-refractivity contribution in [3.63, 3.8) is 0 Å². The van der Waals surface area contributed by atoms with E-state index < -0.39 is 41.7 Å². The summed E-state index contributed by atoms with van der Waals surface area (Å²) >= 11 is 0. The molecule has 0 aliphatic carbocycles. The first-order valence-electron chi connectivity index (χ1n) is 8.42. The first kappa shape index (κ1) is 20.1. The fourth-order valence-corrected chi connectivity index (χ4v) is 2.57. The summed E-state index contributed by atoms with van der Waals surface area (Å²) in [7, 11) is 0. The zero-order chi connectivity index (χ0) is 19.4. The molecule has 2 unspecified atom stereocenters. The number of hydrogen-bond acceptors (Lipinski definition) is 10. The molecule has 26 heavy (non-hydrogen) atoms. The van der Waals surface area contributed by atoms with Crippen LogP contribution >= 0.6 is 0 Å². The average molecular weight is 374 g/mol. The molecule has 2 aliphatic rings. The third kappa shape index (κ3) is 4.50. The molecule has 0 amide bonds. The minimum absolute atomic E-state index is 0.0710. The summed E-state index contributed by atoms with van der Waals surface area (Å²) in [5.41, 5.74) is -2.58. The maximum absolute atomic E-state index is 12.0. The van der Waals surface area contributed by atoms with Gasteiger partial charge in [0, 0.05) is 25.7 Å². The Kier molecular flexibility index (Phi) is 6.19. The zero-order valence-corrected chi connectivity index (χ0v) is 14.4. The van der Waals surface area contributed by atoms with Gasteiger partial charge in [0.1, 0.15) is 0 Å². The predicted octanol–water partition coefficient (Wildman–Crippen LogP) is 0.0304. The van der Waals surface area contributed by atoms with Crippen molar-refractivity contribution in [2.75, 3.05) is 0 Å². The fraction of sp³-hybridized carbons (Fsp3) is 0.750. The van der Waals surface area contributed by atoms with Gasteiger partial charge in [0.05, 0.1) is 0 Å². The van der Waals surface area contributed by atoms with Crippen LogP contribution in [0, 0.1) is 0 Å². The Morgan fingerprint density at radius 2 is 1.15 bits per heavy atom. The molecule has 2 atom stereocenters. The van der Waals surface area contributed by atoms with Crippen LogP contribution in [0.4, 0.5) is 0 Å². The molecular weight excluding hydrogens is 352 g/mol. The molecule has 0 saturated carbocycles. The lowest BCUT2D eigenvalue weighted by Gasteiger charge is -2.42. The van der Waals surface area contributed by atoms with Crippen LogP contribution < -0.4 is 0 Å². The lowest BCUT2D eigenvalue weighted by Crippen LogP contribution is -2.66. The predicted molar refractivity (Wildman–Crippen MR) is 80.7 cm³/mol. The van der Waals surface area contributed by atoms with E-state index in [9.17, 15) is 29.4 Å². The second kappa shape index (κ2) is 8.00. The molecule has 0 aromatic carbocycles. The fourth-order valence-electron chi connectivity index (χ4n) is 2.57. The van der Waals surface area contributed by atoms with Gasteiger partial charge in [-0.05, 0) is 32.6 Å². The number of carbonyl (C=O) groups is 4. The highest BCUT2D eigenvalue weighted by Gasteiger charge is 2.64. The SMILES string of the molecule is CC1(C2(O)OC(=O)CCCCC(=O)O2)OC(=O)CCCCC(=O)OC1O. The molecule has 2 aliphatic heterocycles. The molecule has 10 nitrogen and oxygen atoms in total. The Bertz CT molecular complexity index is 566. The van der Waals surface area contributed by atoms with Crippen LogP contribution in [0.15, 0.2) is 0 Å². The quantitative estimate of drug-likeness (QED) is 0.476. The number of hydrogen-bond donors (Lipinski definition) is 2. The summed E-state index contributed by atoms with van der Waals surface area (Å²) in [6.45, 7) is 0.947. The van der Waals surface area contributed by atoms with Gasteiger partial charge in [0.25, 0.3) is 11.9 Å². The van der Waals surface area contributed by atoms with E-state index in [1.165, 1.54) is 0 Å². The highest BCUT2D eigenvalue weighted by Crippen LogP contribution is 2.36. The molecule has 0 bridgehead atoms. The van der Waals surface area contributed by atoms with Crippen LogP contribution in [-0.2, 0) is 38.1 Å². The molecule has 2 fully saturated rings. The van der Waals surface area contributed by atoms with Crippen molar-refractivity contribution in [3.8, 4) is 0 Å². The van der Waals surface area contributed by atoms with Gasteiger partial charge in [-0.2, -0.15) is 0 Å². The number of esters is 4. The van der Waals surface area contributed by atoms with Gasteiger partial charge in [-0.1, -0.05) is 0 Å². The number of aliphatic hydroxyl groups is 2. The summed E-state index contributed by atoms with van der Waals surface area (Å²) in [6, 6.07) is 0. The molecule has 2 rings (SSSR count). The van der Waals surface area contributed by atoms with E-state index in [0.717, 1.165) is 6.92 Å². The molecular formula is C16H22O10. The van der Waals surface area contributed by atoms with Crippen molar-refractivity contribution < 1.29 is 48.3 Å². The Morgan fingerprint density at radius 1 is 0.769 bits per heavy atom. The van der Waals surface area contributed by atoms with E-state index in [1.807, 2.05) is 0 Å². The minimum Gasteiger partial charge on any atom is -0.441 e. The molecule has 2 heterocycles. The normalized spacial score (nSPS) is 31.3. The molecule has 10 heteroatoms. The summed E-state index contributed by atoms with van der Waals surface area (Å²) < 4.78 is 19.5. The van der Waals surface area contributed by atoms with E-state index >= 15 is 0 Å². The molecule has 2 N–H and O–H groups in total. The minimum atomic E-state index is -3.17. The highest BCUT2D eigenvalue weighted by molar-refractivity contribution is 5.74. The van der Waals surface area contributed by atoms with Crippen molar-refractivity contribution in [3.05, 3.63) is 0 Å². The lowest BCUT2D eigenvalue weighted by molar-refractivity contribution is -0.417. The summed E-state index contributed by atoms with van der Waals surface area (Å²) in [5, 5.41) is 21.1. The number of ether oxygens (including phenoxy) is 4. The standard InChI is InChI=1S/C16H22O10/c1-15(14(21)23-10(17)6-2-3-7-11(18)24-15)16(22)25-12(19)8-4-5-9-13(20)26-16/h14,21-22H,2-9H2,1H3. The first-order chi connectivity index (χ1) is 12.2. The number of cyclic esters (lactones) is 4. The van der Waals surface area contributed by atoms with Crippen molar-refractivity contribution >= 4 is 23.9 Å². The van der Waals surface area contributed by atoms with Gasteiger partial charge in [0.15, 0.2) is 0 Å². The van der Waals surface area contributed by atoms with E-state index in [0.29, 0.717) is 25.7 Å². The largest absolute Gasteiger partial charge is 0.441 e. The monoisotopic (exact) mass is 374 g/mol. The van der Waals surface area contributed by atoms with Crippen molar-refractivity contribution in [1.82, 2.24) is 0 Å². The average Bonchev–Trinajstić information content (AvgIpc) is 2.60. The molecule has 0 spiro atoms. The van der Waals surface area contributed by atoms with Crippen LogP contribution in [0.1, 0.15) is 58.3 Å². The van der Waals surface area contributed by atoms with Crippen LogP contribution in [0.5, 0.6) is 0 Å². The number of carbonyl (C=O) groups excluding carboxylic acids is 4. The molecule has 0 radical (unpaired) electrons. The van der Waals surface area contributed by atoms with E-state index in [2.05, 4.69) is 0 Å². The lowest BCUT2D eigenvalue weighted by atomic mass is 10.0. The van der Waals surface area contributed by atoms with Gasteiger partial charge in [0.2, 0.25) is 0 Å². The number of aliphatic hydroxyl groups excluding tert-OH is 1. The van der Waals surface area contributed by atoms with E-state index in [-0.39, 0.29) is 25.7 Å². The Hall–Kier alpha value is -2.20. The van der Waals surface area contributed by atoms with E-state index in [4.69, 9.17) is 18.9 Å². The summed E-state index contributed by atoms with van der Waals surface area (Å²) in [6.07, 6.45) is -1.41. The Balaban J connectivity index is 2.42. The van der Waals surface area contributed by atoms with Gasteiger partial charge < -0.3 is 29.2 Å². The third-order valence-electron chi connectivity index (χ3n) is 4.20. The highest BCUT2D eigenvalue weighted by atomic mass is 16.9. The third-order valence-corrected chi connectivity index (χ3v) is 4.20. The zero-order valence-electron chi connectivity index (χ0n) is 14.4.